The first kappa shape index (κ1) is 22.0. The zero-order valence-electron chi connectivity index (χ0n) is 17.6. The molecule has 0 atom stereocenters. The van der Waals surface area contributed by atoms with Crippen molar-refractivity contribution in [2.75, 3.05) is 17.3 Å². The third-order valence-electron chi connectivity index (χ3n) is 5.45. The second-order valence-corrected chi connectivity index (χ2v) is 8.86. The third-order valence-corrected chi connectivity index (χ3v) is 6.00. The monoisotopic (exact) mass is 439 g/mol. The van der Waals surface area contributed by atoms with Gasteiger partial charge in [0, 0.05) is 23.3 Å². The van der Waals surface area contributed by atoms with Crippen molar-refractivity contribution in [3.8, 4) is 6.07 Å². The van der Waals surface area contributed by atoms with Crippen molar-refractivity contribution in [2.45, 2.75) is 33.2 Å². The molecule has 1 amide bonds. The number of aryl methyl sites for hydroxylation is 1. The molecule has 0 radical (unpaired) electrons. The maximum atomic E-state index is 12.7. The molecular weight excluding hydrogens is 417 g/mol. The number of allylic oxidation sites excluding steroid dienone is 1. The van der Waals surface area contributed by atoms with Gasteiger partial charge in [-0.25, -0.2) is 0 Å². The van der Waals surface area contributed by atoms with Crippen LogP contribution in [0.25, 0.3) is 11.6 Å². The van der Waals surface area contributed by atoms with Gasteiger partial charge >= 0.3 is 0 Å². The maximum Gasteiger partial charge on any atom is 0.266 e. The smallest absolute Gasteiger partial charge is 0.266 e. The van der Waals surface area contributed by atoms with E-state index < -0.39 is 5.91 Å². The van der Waals surface area contributed by atoms with Gasteiger partial charge in [-0.15, -0.1) is 0 Å². The zero-order chi connectivity index (χ0) is 22.2. The number of carbonyl (C=O) groups excluding carboxylic acids is 1. The molecule has 3 rings (SSSR count). The van der Waals surface area contributed by atoms with Gasteiger partial charge in [-0.2, -0.15) is 5.26 Å². The van der Waals surface area contributed by atoms with E-state index in [9.17, 15) is 10.1 Å². The van der Waals surface area contributed by atoms with Crippen molar-refractivity contribution in [1.82, 2.24) is 0 Å². The summed E-state index contributed by atoms with van der Waals surface area (Å²) in [6.45, 7) is 8.39. The molecule has 0 aliphatic carbocycles. The number of carbonyl (C=O) groups is 1. The molecule has 2 aromatic carbocycles. The van der Waals surface area contributed by atoms with Gasteiger partial charge in [-0.3, -0.25) is 4.79 Å². The number of rotatable bonds is 3. The highest BCUT2D eigenvalue weighted by Gasteiger charge is 2.29. The van der Waals surface area contributed by atoms with E-state index in [0.29, 0.717) is 15.7 Å². The summed E-state index contributed by atoms with van der Waals surface area (Å²) in [6, 6.07) is 10.9. The Kier molecular flexibility index (Phi) is 5.99. The van der Waals surface area contributed by atoms with Crippen molar-refractivity contribution in [3.63, 3.8) is 0 Å². The predicted octanol–water partition coefficient (Wildman–Crippen LogP) is 6.48. The van der Waals surface area contributed by atoms with Gasteiger partial charge in [0.2, 0.25) is 0 Å². The topological polar surface area (TPSA) is 56.1 Å². The van der Waals surface area contributed by atoms with Crippen LogP contribution < -0.4 is 10.2 Å². The first-order valence-corrected chi connectivity index (χ1v) is 10.3. The number of likely N-dealkylation sites (N-methyl/N-ethyl adjacent to an activating group) is 1. The fraction of sp³-hybridized carbons (Fsp3) is 0.250. The molecule has 4 nitrogen and oxygen atoms in total. The van der Waals surface area contributed by atoms with Gasteiger partial charge in [-0.05, 0) is 80.8 Å². The Bertz CT molecular complexity index is 1140. The molecule has 0 saturated carbocycles. The summed E-state index contributed by atoms with van der Waals surface area (Å²) >= 11 is 12.0. The second-order valence-electron chi connectivity index (χ2n) is 8.01. The van der Waals surface area contributed by atoms with Crippen molar-refractivity contribution in [1.29, 1.82) is 5.26 Å². The van der Waals surface area contributed by atoms with Crippen LogP contribution in [0.15, 0.2) is 42.0 Å². The van der Waals surface area contributed by atoms with Gasteiger partial charge < -0.3 is 10.2 Å². The predicted molar refractivity (Wildman–Crippen MR) is 126 cm³/mol. The van der Waals surface area contributed by atoms with E-state index in [1.165, 1.54) is 11.6 Å². The largest absolute Gasteiger partial charge is 0.365 e. The maximum absolute atomic E-state index is 12.7. The lowest BCUT2D eigenvalue weighted by atomic mass is 9.87. The molecular formula is C24H23Cl2N3O. The first-order chi connectivity index (χ1) is 14.0. The average Bonchev–Trinajstić information content (AvgIpc) is 2.66. The molecule has 0 fully saturated rings. The van der Waals surface area contributed by atoms with Crippen molar-refractivity contribution < 1.29 is 4.79 Å². The SMILES string of the molecule is CC1=CC(C)(C)N(C)c2cc(C)c(/C=C(/C#N)C(=O)Nc3ccc(Cl)cc3Cl)cc21. The summed E-state index contributed by atoms with van der Waals surface area (Å²) in [5, 5.41) is 13.0. The fourth-order valence-electron chi connectivity index (χ4n) is 3.56. The average molecular weight is 440 g/mol. The summed E-state index contributed by atoms with van der Waals surface area (Å²) in [4.78, 5) is 14.9. The molecule has 30 heavy (non-hydrogen) atoms. The molecule has 1 aliphatic rings. The molecule has 0 spiro atoms. The summed E-state index contributed by atoms with van der Waals surface area (Å²) in [5.74, 6) is -0.524. The van der Waals surface area contributed by atoms with E-state index in [1.54, 1.807) is 18.2 Å². The number of fused-ring (bicyclic) bond motifs is 1. The standard InChI is InChI=1S/C24H23Cl2N3O/c1-14-8-22-19(15(2)12-24(3,4)29(22)5)10-16(14)9-17(13-27)23(30)28-21-7-6-18(25)11-20(21)26/h6-12H,1-5H3,(H,28,30)/b17-9-. The lowest BCUT2D eigenvalue weighted by Gasteiger charge is -2.41. The minimum Gasteiger partial charge on any atom is -0.365 e. The van der Waals surface area contributed by atoms with Crippen LogP contribution in [0, 0.1) is 18.3 Å². The molecule has 2 aromatic rings. The van der Waals surface area contributed by atoms with Crippen LogP contribution in [0.3, 0.4) is 0 Å². The minimum atomic E-state index is -0.524. The molecule has 1 aliphatic heterocycles. The molecule has 1 N–H and O–H groups in total. The Morgan fingerprint density at radius 3 is 2.53 bits per heavy atom. The number of hydrogen-bond donors (Lipinski definition) is 1. The third kappa shape index (κ3) is 4.23. The Hall–Kier alpha value is -2.74. The molecule has 0 bridgehead atoms. The van der Waals surface area contributed by atoms with E-state index >= 15 is 0 Å². The fourth-order valence-corrected chi connectivity index (χ4v) is 4.01. The van der Waals surface area contributed by atoms with Crippen LogP contribution in [0.5, 0.6) is 0 Å². The van der Waals surface area contributed by atoms with E-state index in [1.807, 2.05) is 19.1 Å². The van der Waals surface area contributed by atoms with E-state index in [0.717, 1.165) is 22.4 Å². The van der Waals surface area contributed by atoms with Crippen LogP contribution in [0.2, 0.25) is 10.0 Å². The number of anilines is 2. The van der Waals surface area contributed by atoms with E-state index in [4.69, 9.17) is 23.2 Å². The number of halogens is 2. The van der Waals surface area contributed by atoms with Gasteiger partial charge in [0.1, 0.15) is 11.6 Å². The second kappa shape index (κ2) is 8.18. The number of hydrogen-bond acceptors (Lipinski definition) is 3. The number of nitrogens with one attached hydrogen (secondary N) is 1. The molecule has 6 heteroatoms. The van der Waals surface area contributed by atoms with Gasteiger partial charge in [0.25, 0.3) is 5.91 Å². The minimum absolute atomic E-state index is 0.00445. The van der Waals surface area contributed by atoms with Gasteiger partial charge in [0.05, 0.1) is 16.2 Å². The quantitative estimate of drug-likeness (QED) is 0.439. The highest BCUT2D eigenvalue weighted by molar-refractivity contribution is 6.36. The number of benzene rings is 2. The lowest BCUT2D eigenvalue weighted by molar-refractivity contribution is -0.112. The van der Waals surface area contributed by atoms with E-state index in [2.05, 4.69) is 50.2 Å². The number of nitriles is 1. The number of amides is 1. The van der Waals surface area contributed by atoms with Crippen molar-refractivity contribution >= 4 is 52.1 Å². The Morgan fingerprint density at radius 2 is 1.90 bits per heavy atom. The summed E-state index contributed by atoms with van der Waals surface area (Å²) in [7, 11) is 2.07. The highest BCUT2D eigenvalue weighted by Crippen LogP contribution is 2.39. The molecule has 154 valence electrons. The number of nitrogens with zero attached hydrogens (tertiary/aromatic N) is 2. The van der Waals surface area contributed by atoms with Crippen LogP contribution in [-0.4, -0.2) is 18.5 Å². The van der Waals surface area contributed by atoms with Crippen LogP contribution in [-0.2, 0) is 4.79 Å². The van der Waals surface area contributed by atoms with Crippen molar-refractivity contribution in [3.05, 3.63) is 68.7 Å². The normalized spacial score (nSPS) is 15.2. The summed E-state index contributed by atoms with van der Waals surface area (Å²) < 4.78 is 0. The summed E-state index contributed by atoms with van der Waals surface area (Å²) in [6.07, 6.45) is 3.83. The molecule has 1 heterocycles. The Morgan fingerprint density at radius 1 is 1.20 bits per heavy atom. The van der Waals surface area contributed by atoms with Gasteiger partial charge in [0.15, 0.2) is 0 Å². The van der Waals surface area contributed by atoms with Crippen LogP contribution >= 0.6 is 23.2 Å². The molecule has 0 aromatic heterocycles. The van der Waals surface area contributed by atoms with Crippen molar-refractivity contribution in [2.24, 2.45) is 0 Å². The van der Waals surface area contributed by atoms with Gasteiger partial charge in [-0.1, -0.05) is 29.3 Å². The van der Waals surface area contributed by atoms with Crippen LogP contribution in [0.1, 0.15) is 37.5 Å². The van der Waals surface area contributed by atoms with Crippen LogP contribution in [0.4, 0.5) is 11.4 Å². The molecule has 0 unspecified atom stereocenters. The summed E-state index contributed by atoms with van der Waals surface area (Å²) in [5.41, 5.74) is 5.50. The Labute approximate surface area is 187 Å². The molecule has 0 saturated heterocycles. The van der Waals surface area contributed by atoms with E-state index in [-0.39, 0.29) is 11.1 Å². The lowest BCUT2D eigenvalue weighted by Crippen LogP contribution is -2.42. The first-order valence-electron chi connectivity index (χ1n) is 9.50. The highest BCUT2D eigenvalue weighted by atomic mass is 35.5. The Balaban J connectivity index is 1.98. The zero-order valence-corrected chi connectivity index (χ0v) is 19.1.